The Hall–Kier alpha value is -1.51. The Labute approximate surface area is 162 Å². The first-order valence-corrected chi connectivity index (χ1v) is 10.5. The maximum Gasteiger partial charge on any atom is 0.159 e. The molecule has 0 heterocycles. The number of allylic oxidation sites excluding steroid dienone is 4. The Balaban J connectivity index is 1.83. The van der Waals surface area contributed by atoms with Crippen molar-refractivity contribution in [1.29, 1.82) is 0 Å². The van der Waals surface area contributed by atoms with Crippen LogP contribution < -0.4 is 0 Å². The van der Waals surface area contributed by atoms with Gasteiger partial charge in [0.25, 0.3) is 0 Å². The predicted molar refractivity (Wildman–Crippen MR) is 105 cm³/mol. The van der Waals surface area contributed by atoms with E-state index in [1.54, 1.807) is 6.92 Å². The van der Waals surface area contributed by atoms with Gasteiger partial charge >= 0.3 is 0 Å². The summed E-state index contributed by atoms with van der Waals surface area (Å²) < 4.78 is 0. The third-order valence-corrected chi connectivity index (χ3v) is 9.03. The van der Waals surface area contributed by atoms with Crippen molar-refractivity contribution >= 4 is 17.3 Å². The Kier molecular flexibility index (Phi) is 3.85. The molecule has 0 bridgehead atoms. The summed E-state index contributed by atoms with van der Waals surface area (Å²) in [7, 11) is 0. The average molecular weight is 369 g/mol. The molecule has 0 aromatic rings. The fraction of sp³-hybridized carbons (Fsp3) is 0.708. The van der Waals surface area contributed by atoms with E-state index in [4.69, 9.17) is 0 Å². The average Bonchev–Trinajstić information content (AvgIpc) is 3.03. The first-order valence-electron chi connectivity index (χ1n) is 10.5. The molecular formula is C24H32O3. The van der Waals surface area contributed by atoms with Gasteiger partial charge in [-0.2, -0.15) is 0 Å². The second-order valence-corrected chi connectivity index (χ2v) is 10.4. The molecule has 4 aliphatic rings. The Morgan fingerprint density at radius 1 is 1.19 bits per heavy atom. The number of carbonyl (C=O) groups is 3. The second-order valence-electron chi connectivity index (χ2n) is 10.4. The maximum atomic E-state index is 13.7. The molecule has 0 radical (unpaired) electrons. The van der Waals surface area contributed by atoms with Gasteiger partial charge in [-0.25, -0.2) is 0 Å². The first kappa shape index (κ1) is 18.8. The molecule has 4 rings (SSSR count). The SMILES string of the molecule is CC(=O)C1=CC[C@@]2(C)[C@@H]3CCC4=C(C(C)C)C(=O)C[C@H]4[C@]3(C)C(=O)C[C@]12C. The van der Waals surface area contributed by atoms with Crippen molar-refractivity contribution in [3.05, 3.63) is 22.8 Å². The summed E-state index contributed by atoms with van der Waals surface area (Å²) in [5.74, 6) is 1.14. The molecule has 3 heteroatoms. The lowest BCUT2D eigenvalue weighted by Crippen LogP contribution is -2.61. The van der Waals surface area contributed by atoms with E-state index in [9.17, 15) is 14.4 Å². The molecule has 0 unspecified atom stereocenters. The number of rotatable bonds is 2. The Morgan fingerprint density at radius 3 is 2.44 bits per heavy atom. The van der Waals surface area contributed by atoms with Crippen LogP contribution in [0.4, 0.5) is 0 Å². The minimum atomic E-state index is -0.478. The maximum absolute atomic E-state index is 13.7. The van der Waals surface area contributed by atoms with Crippen molar-refractivity contribution in [3.8, 4) is 0 Å². The van der Waals surface area contributed by atoms with Crippen molar-refractivity contribution in [2.45, 2.75) is 73.6 Å². The van der Waals surface area contributed by atoms with Crippen molar-refractivity contribution in [1.82, 2.24) is 0 Å². The van der Waals surface area contributed by atoms with Gasteiger partial charge in [0.2, 0.25) is 0 Å². The summed E-state index contributed by atoms with van der Waals surface area (Å²) >= 11 is 0. The van der Waals surface area contributed by atoms with Crippen molar-refractivity contribution in [3.63, 3.8) is 0 Å². The van der Waals surface area contributed by atoms with Gasteiger partial charge in [0.1, 0.15) is 5.78 Å². The van der Waals surface area contributed by atoms with Crippen LogP contribution in [0.5, 0.6) is 0 Å². The van der Waals surface area contributed by atoms with E-state index < -0.39 is 5.41 Å². The molecule has 0 aliphatic heterocycles. The highest BCUT2D eigenvalue weighted by atomic mass is 16.1. The van der Waals surface area contributed by atoms with Crippen LogP contribution in [0, 0.1) is 34.0 Å². The second kappa shape index (κ2) is 5.52. The zero-order chi connectivity index (χ0) is 19.9. The zero-order valence-corrected chi connectivity index (χ0v) is 17.6. The molecule has 3 nitrogen and oxygen atoms in total. The van der Waals surface area contributed by atoms with E-state index in [1.807, 2.05) is 0 Å². The van der Waals surface area contributed by atoms with Crippen LogP contribution in [0.1, 0.15) is 73.6 Å². The Bertz CT molecular complexity index is 829. The van der Waals surface area contributed by atoms with Crippen LogP contribution in [0.25, 0.3) is 0 Å². The van der Waals surface area contributed by atoms with Gasteiger partial charge in [0.15, 0.2) is 11.6 Å². The van der Waals surface area contributed by atoms with Crippen LogP contribution in [0.3, 0.4) is 0 Å². The summed E-state index contributed by atoms with van der Waals surface area (Å²) in [5.41, 5.74) is 2.18. The minimum Gasteiger partial charge on any atom is -0.299 e. The molecule has 0 amide bonds. The topological polar surface area (TPSA) is 51.2 Å². The van der Waals surface area contributed by atoms with Crippen molar-refractivity contribution in [2.75, 3.05) is 0 Å². The van der Waals surface area contributed by atoms with Gasteiger partial charge < -0.3 is 0 Å². The van der Waals surface area contributed by atoms with Gasteiger partial charge in [-0.1, -0.05) is 46.3 Å². The fourth-order valence-corrected chi connectivity index (χ4v) is 7.51. The lowest BCUT2D eigenvalue weighted by atomic mass is 9.40. The van der Waals surface area contributed by atoms with Gasteiger partial charge in [-0.3, -0.25) is 14.4 Å². The molecule has 2 fully saturated rings. The van der Waals surface area contributed by atoms with Crippen LogP contribution in [0.15, 0.2) is 22.8 Å². The number of hydrogen-bond acceptors (Lipinski definition) is 3. The normalized spacial score (nSPS) is 43.6. The van der Waals surface area contributed by atoms with Crippen LogP contribution in [0.2, 0.25) is 0 Å². The molecule has 0 aromatic carbocycles. The van der Waals surface area contributed by atoms with Gasteiger partial charge in [-0.15, -0.1) is 0 Å². The molecule has 0 saturated heterocycles. The minimum absolute atomic E-state index is 0.0661. The predicted octanol–water partition coefficient (Wildman–Crippen LogP) is 4.85. The summed E-state index contributed by atoms with van der Waals surface area (Å²) in [6.07, 6.45) is 5.77. The monoisotopic (exact) mass is 368 g/mol. The molecule has 146 valence electrons. The van der Waals surface area contributed by atoms with Crippen molar-refractivity contribution < 1.29 is 14.4 Å². The van der Waals surface area contributed by atoms with E-state index in [-0.39, 0.29) is 45.9 Å². The molecule has 2 saturated carbocycles. The number of fused-ring (bicyclic) bond motifs is 5. The molecule has 0 aromatic heterocycles. The van der Waals surface area contributed by atoms with Gasteiger partial charge in [-0.05, 0) is 54.6 Å². The lowest BCUT2D eigenvalue weighted by molar-refractivity contribution is -0.163. The van der Waals surface area contributed by atoms with E-state index >= 15 is 0 Å². The van der Waals surface area contributed by atoms with Crippen molar-refractivity contribution in [2.24, 2.45) is 34.0 Å². The number of carbonyl (C=O) groups excluding carboxylic acids is 3. The molecule has 27 heavy (non-hydrogen) atoms. The third kappa shape index (κ3) is 2.06. The van der Waals surface area contributed by atoms with Gasteiger partial charge in [0.05, 0.1) is 0 Å². The quantitative estimate of drug-likeness (QED) is 0.700. The Morgan fingerprint density at radius 2 is 1.85 bits per heavy atom. The highest BCUT2D eigenvalue weighted by molar-refractivity contribution is 6.02. The smallest absolute Gasteiger partial charge is 0.159 e. The summed E-state index contributed by atoms with van der Waals surface area (Å²) in [6.45, 7) is 12.4. The number of ketones is 3. The lowest BCUT2D eigenvalue weighted by Gasteiger charge is -2.62. The summed E-state index contributed by atoms with van der Waals surface area (Å²) in [6, 6.07) is 0. The van der Waals surface area contributed by atoms with Crippen LogP contribution >= 0.6 is 0 Å². The summed E-state index contributed by atoms with van der Waals surface area (Å²) in [5, 5.41) is 0. The molecule has 0 N–H and O–H groups in total. The molecular weight excluding hydrogens is 336 g/mol. The van der Waals surface area contributed by atoms with E-state index in [0.717, 1.165) is 30.4 Å². The molecule has 0 spiro atoms. The number of hydrogen-bond donors (Lipinski definition) is 0. The fourth-order valence-electron chi connectivity index (χ4n) is 7.51. The van der Waals surface area contributed by atoms with Crippen LogP contribution in [-0.4, -0.2) is 17.3 Å². The molecule has 5 atom stereocenters. The highest BCUT2D eigenvalue weighted by Gasteiger charge is 2.69. The summed E-state index contributed by atoms with van der Waals surface area (Å²) in [4.78, 5) is 38.8. The first-order chi connectivity index (χ1) is 12.5. The molecule has 4 aliphatic carbocycles. The van der Waals surface area contributed by atoms with Crippen LogP contribution in [-0.2, 0) is 14.4 Å². The largest absolute Gasteiger partial charge is 0.299 e. The highest BCUT2D eigenvalue weighted by Crippen LogP contribution is 2.71. The van der Waals surface area contributed by atoms with E-state index in [0.29, 0.717) is 12.8 Å². The van der Waals surface area contributed by atoms with Gasteiger partial charge in [0, 0.05) is 29.6 Å². The standard InChI is InChI=1S/C24H32O3/c1-13(2)21-15-7-8-19-22(4)10-9-16(14(3)25)23(22,5)12-20(27)24(19,6)17(15)11-18(21)26/h9,13,17,19H,7-8,10-12H2,1-6H3/t17-,19+,22+,23-,24+/m1/s1. The third-order valence-electron chi connectivity index (χ3n) is 9.03. The zero-order valence-electron chi connectivity index (χ0n) is 17.6. The van der Waals surface area contributed by atoms with E-state index in [1.165, 1.54) is 5.57 Å². The number of Topliss-reactive ketones (excluding diaryl/α,β-unsaturated/α-hetero) is 3. The van der Waals surface area contributed by atoms with E-state index in [2.05, 4.69) is 40.7 Å².